The van der Waals surface area contributed by atoms with Crippen molar-refractivity contribution in [2.45, 2.75) is 12.0 Å². The van der Waals surface area contributed by atoms with E-state index >= 15 is 0 Å². The Bertz CT molecular complexity index is 583. The SMILES string of the molecule is NCC(c1cccc(Br)c1)C(O)c1cc(Br)cc(Br)c1. The van der Waals surface area contributed by atoms with Gasteiger partial charge in [-0.15, -0.1) is 0 Å². The lowest BCUT2D eigenvalue weighted by Gasteiger charge is -2.23. The largest absolute Gasteiger partial charge is 0.388 e. The topological polar surface area (TPSA) is 46.2 Å². The van der Waals surface area contributed by atoms with Crippen molar-refractivity contribution in [1.29, 1.82) is 0 Å². The number of benzene rings is 2. The van der Waals surface area contributed by atoms with Gasteiger partial charge in [0.05, 0.1) is 6.10 Å². The fourth-order valence-corrected chi connectivity index (χ4v) is 3.91. The van der Waals surface area contributed by atoms with Crippen molar-refractivity contribution in [2.75, 3.05) is 6.54 Å². The van der Waals surface area contributed by atoms with Gasteiger partial charge in [-0.05, 0) is 41.5 Å². The number of hydrogen-bond acceptors (Lipinski definition) is 2. The van der Waals surface area contributed by atoms with Gasteiger partial charge in [0.15, 0.2) is 0 Å². The first-order valence-electron chi connectivity index (χ1n) is 6.11. The van der Waals surface area contributed by atoms with Crippen LogP contribution in [-0.2, 0) is 0 Å². The zero-order valence-corrected chi connectivity index (χ0v) is 15.3. The number of rotatable bonds is 4. The highest BCUT2D eigenvalue weighted by molar-refractivity contribution is 9.11. The van der Waals surface area contributed by atoms with Gasteiger partial charge in [0.25, 0.3) is 0 Å². The zero-order valence-electron chi connectivity index (χ0n) is 10.6. The number of aliphatic hydroxyl groups is 1. The summed E-state index contributed by atoms with van der Waals surface area (Å²) in [5.74, 6) is -0.145. The minimum absolute atomic E-state index is 0.145. The Morgan fingerprint density at radius 2 is 1.50 bits per heavy atom. The van der Waals surface area contributed by atoms with Crippen LogP contribution in [0.25, 0.3) is 0 Å². The molecule has 3 N–H and O–H groups in total. The van der Waals surface area contributed by atoms with Gasteiger partial charge in [-0.1, -0.05) is 59.9 Å². The maximum Gasteiger partial charge on any atom is 0.0871 e. The summed E-state index contributed by atoms with van der Waals surface area (Å²) in [5, 5.41) is 10.6. The van der Waals surface area contributed by atoms with Crippen LogP contribution in [0.3, 0.4) is 0 Å². The molecule has 2 atom stereocenters. The molecular formula is C15H14Br3NO. The van der Waals surface area contributed by atoms with Gasteiger partial charge < -0.3 is 10.8 Å². The molecule has 0 fully saturated rings. The third-order valence-electron chi connectivity index (χ3n) is 3.14. The van der Waals surface area contributed by atoms with Crippen molar-refractivity contribution < 1.29 is 5.11 Å². The van der Waals surface area contributed by atoms with Crippen LogP contribution in [-0.4, -0.2) is 11.7 Å². The Kier molecular flexibility index (Phi) is 5.81. The molecule has 0 amide bonds. The summed E-state index contributed by atoms with van der Waals surface area (Å²) in [5.41, 5.74) is 7.72. The van der Waals surface area contributed by atoms with Crippen molar-refractivity contribution in [1.82, 2.24) is 0 Å². The Morgan fingerprint density at radius 3 is 2.05 bits per heavy atom. The minimum atomic E-state index is -0.650. The van der Waals surface area contributed by atoms with E-state index in [2.05, 4.69) is 47.8 Å². The molecule has 0 aliphatic rings. The van der Waals surface area contributed by atoms with Crippen molar-refractivity contribution in [3.8, 4) is 0 Å². The van der Waals surface area contributed by atoms with E-state index in [1.807, 2.05) is 42.5 Å². The van der Waals surface area contributed by atoms with Crippen LogP contribution in [0, 0.1) is 0 Å². The predicted octanol–water partition coefficient (Wildman–Crippen LogP) is 4.75. The molecule has 2 nitrogen and oxygen atoms in total. The number of aliphatic hydroxyl groups excluding tert-OH is 1. The van der Waals surface area contributed by atoms with E-state index in [9.17, 15) is 5.11 Å². The van der Waals surface area contributed by atoms with Crippen LogP contribution in [0.5, 0.6) is 0 Å². The second kappa shape index (κ2) is 7.18. The van der Waals surface area contributed by atoms with Crippen molar-refractivity contribution >= 4 is 47.8 Å². The smallest absolute Gasteiger partial charge is 0.0871 e. The van der Waals surface area contributed by atoms with E-state index in [0.717, 1.165) is 24.5 Å². The molecule has 2 unspecified atom stereocenters. The van der Waals surface area contributed by atoms with Gasteiger partial charge in [0.2, 0.25) is 0 Å². The van der Waals surface area contributed by atoms with E-state index in [1.165, 1.54) is 0 Å². The summed E-state index contributed by atoms with van der Waals surface area (Å²) in [6.07, 6.45) is -0.650. The molecule has 0 saturated heterocycles. The van der Waals surface area contributed by atoms with Crippen molar-refractivity contribution in [3.63, 3.8) is 0 Å². The quantitative estimate of drug-likeness (QED) is 0.687. The van der Waals surface area contributed by atoms with E-state index in [4.69, 9.17) is 5.73 Å². The second-order valence-corrected chi connectivity index (χ2v) is 7.29. The summed E-state index contributed by atoms with van der Waals surface area (Å²) in [6.45, 7) is 0.377. The van der Waals surface area contributed by atoms with E-state index in [-0.39, 0.29) is 5.92 Å². The monoisotopic (exact) mass is 461 g/mol. The summed E-state index contributed by atoms with van der Waals surface area (Å²) < 4.78 is 2.83. The summed E-state index contributed by atoms with van der Waals surface area (Å²) >= 11 is 10.3. The zero-order chi connectivity index (χ0) is 14.7. The fraction of sp³-hybridized carbons (Fsp3) is 0.200. The highest BCUT2D eigenvalue weighted by atomic mass is 79.9. The lowest BCUT2D eigenvalue weighted by molar-refractivity contribution is 0.147. The molecule has 0 radical (unpaired) electrons. The van der Waals surface area contributed by atoms with Gasteiger partial charge in [-0.25, -0.2) is 0 Å². The molecule has 20 heavy (non-hydrogen) atoms. The van der Waals surface area contributed by atoms with Crippen LogP contribution in [0.1, 0.15) is 23.1 Å². The maximum atomic E-state index is 10.6. The molecular weight excluding hydrogens is 450 g/mol. The standard InChI is InChI=1S/C15H14Br3NO/c16-11-3-1-2-9(4-11)14(8-19)15(20)10-5-12(17)7-13(18)6-10/h1-7,14-15,20H,8,19H2. The van der Waals surface area contributed by atoms with Gasteiger partial charge in [0.1, 0.15) is 0 Å². The van der Waals surface area contributed by atoms with E-state index in [1.54, 1.807) is 0 Å². The first-order valence-corrected chi connectivity index (χ1v) is 8.48. The van der Waals surface area contributed by atoms with Gasteiger partial charge in [-0.2, -0.15) is 0 Å². The molecule has 0 spiro atoms. The first kappa shape index (κ1) is 16.2. The molecule has 0 aliphatic heterocycles. The summed E-state index contributed by atoms with van der Waals surface area (Å²) in [4.78, 5) is 0. The molecule has 0 bridgehead atoms. The normalized spacial score (nSPS) is 14.1. The molecule has 0 aromatic heterocycles. The van der Waals surface area contributed by atoms with Crippen LogP contribution in [0.15, 0.2) is 55.9 Å². The van der Waals surface area contributed by atoms with Crippen molar-refractivity contribution in [2.24, 2.45) is 5.73 Å². The van der Waals surface area contributed by atoms with Gasteiger partial charge in [-0.3, -0.25) is 0 Å². The third-order valence-corrected chi connectivity index (χ3v) is 4.55. The Morgan fingerprint density at radius 1 is 0.900 bits per heavy atom. The lowest BCUT2D eigenvalue weighted by Crippen LogP contribution is -2.20. The fourth-order valence-electron chi connectivity index (χ4n) is 2.16. The number of nitrogens with two attached hydrogens (primary N) is 1. The molecule has 2 rings (SSSR count). The molecule has 0 heterocycles. The minimum Gasteiger partial charge on any atom is -0.388 e. The highest BCUT2D eigenvalue weighted by Crippen LogP contribution is 2.34. The van der Waals surface area contributed by atoms with Gasteiger partial charge >= 0.3 is 0 Å². The molecule has 0 aliphatic carbocycles. The van der Waals surface area contributed by atoms with E-state index in [0.29, 0.717) is 6.54 Å². The lowest BCUT2D eigenvalue weighted by atomic mass is 9.89. The Labute approximate surface area is 143 Å². The average molecular weight is 464 g/mol. The number of halogens is 3. The summed E-state index contributed by atoms with van der Waals surface area (Å²) in [6, 6.07) is 13.6. The third kappa shape index (κ3) is 3.92. The van der Waals surface area contributed by atoms with Crippen LogP contribution < -0.4 is 5.73 Å². The Balaban J connectivity index is 2.35. The molecule has 2 aromatic carbocycles. The van der Waals surface area contributed by atoms with Crippen LogP contribution in [0.4, 0.5) is 0 Å². The molecule has 0 saturated carbocycles. The highest BCUT2D eigenvalue weighted by Gasteiger charge is 2.22. The maximum absolute atomic E-state index is 10.6. The number of hydrogen-bond donors (Lipinski definition) is 2. The van der Waals surface area contributed by atoms with Crippen molar-refractivity contribution in [3.05, 3.63) is 67.0 Å². The average Bonchev–Trinajstić information content (AvgIpc) is 2.38. The van der Waals surface area contributed by atoms with Crippen LogP contribution >= 0.6 is 47.8 Å². The van der Waals surface area contributed by atoms with Crippen LogP contribution in [0.2, 0.25) is 0 Å². The second-order valence-electron chi connectivity index (χ2n) is 4.54. The van der Waals surface area contributed by atoms with Gasteiger partial charge in [0, 0.05) is 25.9 Å². The summed E-state index contributed by atoms with van der Waals surface area (Å²) in [7, 11) is 0. The molecule has 106 valence electrons. The van der Waals surface area contributed by atoms with E-state index < -0.39 is 6.10 Å². The molecule has 5 heteroatoms. The first-order chi connectivity index (χ1) is 9.51. The molecule has 2 aromatic rings. The Hall–Kier alpha value is -0.200. The predicted molar refractivity (Wildman–Crippen MR) is 92.7 cm³/mol.